The highest BCUT2D eigenvalue weighted by molar-refractivity contribution is 7.14. The van der Waals surface area contributed by atoms with Crippen molar-refractivity contribution in [1.82, 2.24) is 9.97 Å². The molecule has 2 aromatic rings. The Kier molecular flexibility index (Phi) is 5.13. The predicted molar refractivity (Wildman–Crippen MR) is 107 cm³/mol. The molecule has 2 aliphatic carbocycles. The quantitative estimate of drug-likeness (QED) is 0.690. The number of aromatic nitrogens is 2. The monoisotopic (exact) mass is 376 g/mol. The van der Waals surface area contributed by atoms with Crippen molar-refractivity contribution in [1.29, 1.82) is 0 Å². The van der Waals surface area contributed by atoms with E-state index in [-0.39, 0.29) is 0 Å². The lowest BCUT2D eigenvalue weighted by Crippen LogP contribution is -2.33. The van der Waals surface area contributed by atoms with Crippen molar-refractivity contribution in [2.45, 2.75) is 64.0 Å². The SMILES string of the molecule is CC1CC(Nc2nc(-c3cc(NC4CCCCC4)ncc3Cl)cs2)C1. The van der Waals surface area contributed by atoms with Crippen LogP contribution in [0.3, 0.4) is 0 Å². The van der Waals surface area contributed by atoms with Crippen LogP contribution in [0.4, 0.5) is 10.9 Å². The highest BCUT2D eigenvalue weighted by Crippen LogP contribution is 2.35. The number of hydrogen-bond acceptors (Lipinski definition) is 5. The minimum Gasteiger partial charge on any atom is -0.367 e. The molecule has 4 nitrogen and oxygen atoms in total. The number of halogens is 1. The van der Waals surface area contributed by atoms with Crippen LogP contribution in [0.15, 0.2) is 17.6 Å². The van der Waals surface area contributed by atoms with Gasteiger partial charge in [0.1, 0.15) is 5.82 Å². The van der Waals surface area contributed by atoms with Crippen molar-refractivity contribution in [3.63, 3.8) is 0 Å². The van der Waals surface area contributed by atoms with Crippen LogP contribution in [0.25, 0.3) is 11.3 Å². The maximum Gasteiger partial charge on any atom is 0.183 e. The molecule has 25 heavy (non-hydrogen) atoms. The molecule has 134 valence electrons. The Balaban J connectivity index is 1.47. The van der Waals surface area contributed by atoms with E-state index in [2.05, 4.69) is 27.9 Å². The Bertz CT molecular complexity index is 720. The molecule has 0 amide bonds. The van der Waals surface area contributed by atoms with Crippen molar-refractivity contribution >= 4 is 33.9 Å². The van der Waals surface area contributed by atoms with Crippen LogP contribution < -0.4 is 10.6 Å². The number of pyridine rings is 1. The van der Waals surface area contributed by atoms with E-state index in [1.165, 1.54) is 44.9 Å². The summed E-state index contributed by atoms with van der Waals surface area (Å²) in [4.78, 5) is 9.20. The maximum absolute atomic E-state index is 6.40. The molecule has 0 aromatic carbocycles. The van der Waals surface area contributed by atoms with Gasteiger partial charge in [0.05, 0.1) is 10.7 Å². The van der Waals surface area contributed by atoms with E-state index in [1.54, 1.807) is 17.5 Å². The first kappa shape index (κ1) is 17.1. The molecule has 0 saturated heterocycles. The van der Waals surface area contributed by atoms with Gasteiger partial charge < -0.3 is 10.6 Å². The number of thiazole rings is 1. The summed E-state index contributed by atoms with van der Waals surface area (Å²) < 4.78 is 0. The van der Waals surface area contributed by atoms with Crippen molar-refractivity contribution in [3.05, 3.63) is 22.7 Å². The van der Waals surface area contributed by atoms with Crippen LogP contribution >= 0.6 is 22.9 Å². The zero-order valence-corrected chi connectivity index (χ0v) is 16.2. The van der Waals surface area contributed by atoms with Gasteiger partial charge in [0.2, 0.25) is 0 Å². The van der Waals surface area contributed by atoms with Gasteiger partial charge in [-0.05, 0) is 37.7 Å². The lowest BCUT2D eigenvalue weighted by Gasteiger charge is -2.33. The average Bonchev–Trinajstić information content (AvgIpc) is 3.05. The van der Waals surface area contributed by atoms with Crippen LogP contribution in [-0.4, -0.2) is 22.1 Å². The van der Waals surface area contributed by atoms with Gasteiger partial charge in [-0.25, -0.2) is 9.97 Å². The van der Waals surface area contributed by atoms with E-state index in [4.69, 9.17) is 16.6 Å². The van der Waals surface area contributed by atoms with E-state index < -0.39 is 0 Å². The topological polar surface area (TPSA) is 49.8 Å². The molecule has 0 aliphatic heterocycles. The predicted octanol–water partition coefficient (Wildman–Crippen LogP) is 5.81. The molecule has 6 heteroatoms. The van der Waals surface area contributed by atoms with Crippen LogP contribution in [0.1, 0.15) is 51.9 Å². The number of nitrogens with zero attached hydrogens (tertiary/aromatic N) is 2. The summed E-state index contributed by atoms with van der Waals surface area (Å²) in [6.45, 7) is 2.29. The normalized spacial score (nSPS) is 23.9. The van der Waals surface area contributed by atoms with Crippen molar-refractivity contribution < 1.29 is 0 Å². The number of hydrogen-bond donors (Lipinski definition) is 2. The molecule has 2 aromatic heterocycles. The Morgan fingerprint density at radius 3 is 2.68 bits per heavy atom. The standard InChI is InChI=1S/C19H25ClN4S/c1-12-7-14(8-12)23-19-24-17(11-25-19)15-9-18(21-10-16(15)20)22-13-5-3-2-4-6-13/h9-14H,2-8H2,1H3,(H,21,22)(H,23,24). The van der Waals surface area contributed by atoms with Gasteiger partial charge >= 0.3 is 0 Å². The summed E-state index contributed by atoms with van der Waals surface area (Å²) in [6.07, 6.45) is 10.6. The highest BCUT2D eigenvalue weighted by Gasteiger charge is 2.26. The number of nitrogens with one attached hydrogen (secondary N) is 2. The van der Waals surface area contributed by atoms with E-state index in [0.29, 0.717) is 17.1 Å². The Morgan fingerprint density at radius 1 is 1.12 bits per heavy atom. The molecule has 0 unspecified atom stereocenters. The van der Waals surface area contributed by atoms with Crippen LogP contribution in [-0.2, 0) is 0 Å². The third-order valence-electron chi connectivity index (χ3n) is 5.29. The Morgan fingerprint density at radius 2 is 1.92 bits per heavy atom. The second kappa shape index (κ2) is 7.50. The number of anilines is 2. The molecular weight excluding hydrogens is 352 g/mol. The summed E-state index contributed by atoms with van der Waals surface area (Å²) in [5.41, 5.74) is 1.89. The second-order valence-electron chi connectivity index (χ2n) is 7.48. The molecule has 2 heterocycles. The Hall–Kier alpha value is -1.33. The third kappa shape index (κ3) is 4.09. The zero-order valence-electron chi connectivity index (χ0n) is 14.6. The summed E-state index contributed by atoms with van der Waals surface area (Å²) in [5, 5.41) is 10.8. The molecule has 0 spiro atoms. The molecule has 2 N–H and O–H groups in total. The van der Waals surface area contributed by atoms with Gasteiger partial charge in [-0.2, -0.15) is 0 Å². The molecule has 2 aliphatic rings. The van der Waals surface area contributed by atoms with Crippen molar-refractivity contribution in [2.75, 3.05) is 10.6 Å². The maximum atomic E-state index is 6.40. The summed E-state index contributed by atoms with van der Waals surface area (Å²) in [6, 6.07) is 3.15. The minimum atomic E-state index is 0.531. The van der Waals surface area contributed by atoms with Gasteiger partial charge in [-0.3, -0.25) is 0 Å². The zero-order chi connectivity index (χ0) is 17.2. The first-order chi connectivity index (χ1) is 12.2. The lowest BCUT2D eigenvalue weighted by atomic mass is 9.82. The molecule has 0 radical (unpaired) electrons. The van der Waals surface area contributed by atoms with E-state index >= 15 is 0 Å². The summed E-state index contributed by atoms with van der Waals surface area (Å²) >= 11 is 8.05. The molecular formula is C19H25ClN4S. The largest absolute Gasteiger partial charge is 0.367 e. The smallest absolute Gasteiger partial charge is 0.183 e. The first-order valence-corrected chi connectivity index (χ1v) is 10.6. The van der Waals surface area contributed by atoms with Crippen LogP contribution in [0, 0.1) is 5.92 Å². The molecule has 0 bridgehead atoms. The van der Waals surface area contributed by atoms with Crippen molar-refractivity contribution in [2.24, 2.45) is 5.92 Å². The lowest BCUT2D eigenvalue weighted by molar-refractivity contribution is 0.309. The average molecular weight is 377 g/mol. The number of rotatable bonds is 5. The fourth-order valence-electron chi connectivity index (χ4n) is 3.83. The van der Waals surface area contributed by atoms with Crippen LogP contribution in [0.2, 0.25) is 5.02 Å². The highest BCUT2D eigenvalue weighted by atomic mass is 35.5. The summed E-state index contributed by atoms with van der Waals surface area (Å²) in [7, 11) is 0. The third-order valence-corrected chi connectivity index (χ3v) is 6.37. The summed E-state index contributed by atoms with van der Waals surface area (Å²) in [5.74, 6) is 1.74. The molecule has 0 atom stereocenters. The fraction of sp³-hybridized carbons (Fsp3) is 0.579. The van der Waals surface area contributed by atoms with Crippen molar-refractivity contribution in [3.8, 4) is 11.3 Å². The minimum absolute atomic E-state index is 0.531. The van der Waals surface area contributed by atoms with E-state index in [9.17, 15) is 0 Å². The van der Waals surface area contributed by atoms with Gasteiger partial charge in [0, 0.05) is 29.2 Å². The fourth-order valence-corrected chi connectivity index (χ4v) is 4.82. The molecule has 2 fully saturated rings. The van der Waals surface area contributed by atoms with Gasteiger partial charge in [-0.1, -0.05) is 37.8 Å². The van der Waals surface area contributed by atoms with Crippen LogP contribution in [0.5, 0.6) is 0 Å². The first-order valence-electron chi connectivity index (χ1n) is 9.32. The Labute approximate surface area is 158 Å². The molecule has 2 saturated carbocycles. The van der Waals surface area contributed by atoms with Gasteiger partial charge in [0.15, 0.2) is 5.13 Å². The van der Waals surface area contributed by atoms with E-state index in [1.807, 2.05) is 6.07 Å². The van der Waals surface area contributed by atoms with Gasteiger partial charge in [0.25, 0.3) is 0 Å². The van der Waals surface area contributed by atoms with Gasteiger partial charge in [-0.15, -0.1) is 11.3 Å². The second-order valence-corrected chi connectivity index (χ2v) is 8.75. The van der Waals surface area contributed by atoms with E-state index in [0.717, 1.165) is 28.1 Å². The molecule has 4 rings (SSSR count).